The van der Waals surface area contributed by atoms with Crippen LogP contribution in [0.4, 0.5) is 9.59 Å². The van der Waals surface area contributed by atoms with Gasteiger partial charge in [-0.1, -0.05) is 38.1 Å². The minimum absolute atomic E-state index is 0.0536. The van der Waals surface area contributed by atoms with Crippen LogP contribution in [0.2, 0.25) is 0 Å². The summed E-state index contributed by atoms with van der Waals surface area (Å²) >= 11 is -0.188. The summed E-state index contributed by atoms with van der Waals surface area (Å²) in [4.78, 5) is 76.9. The number of imidazole rings is 1. The van der Waals surface area contributed by atoms with Crippen LogP contribution in [0, 0.1) is 5.92 Å². The first-order valence-electron chi connectivity index (χ1n) is 20.0. The van der Waals surface area contributed by atoms with E-state index in [2.05, 4.69) is 20.6 Å². The van der Waals surface area contributed by atoms with Crippen LogP contribution in [0.15, 0.2) is 85.1 Å². The van der Waals surface area contributed by atoms with Crippen LogP contribution in [0.1, 0.15) is 60.9 Å². The first-order valence-corrected chi connectivity index (χ1v) is 23.1. The Morgan fingerprint density at radius 2 is 1.67 bits per heavy atom. The number of alkyl carbamates (subject to hydrolysis) is 1. The van der Waals surface area contributed by atoms with E-state index in [-0.39, 0.29) is 71.0 Å². The summed E-state index contributed by atoms with van der Waals surface area (Å²) in [5, 5.41) is 5.42. The molecule has 0 radical (unpaired) electrons. The molecule has 16 heteroatoms. The molecule has 4 amide bonds. The van der Waals surface area contributed by atoms with E-state index in [1.54, 1.807) is 23.2 Å². The van der Waals surface area contributed by atoms with Crippen molar-refractivity contribution in [3.8, 4) is 22.4 Å². The van der Waals surface area contributed by atoms with Gasteiger partial charge in [-0.3, -0.25) is 4.79 Å². The van der Waals surface area contributed by atoms with Gasteiger partial charge < -0.3 is 19.9 Å². The molecule has 7 rings (SSSR count). The number of rotatable bonds is 12. The van der Waals surface area contributed by atoms with Crippen molar-refractivity contribution in [3.05, 3.63) is 102 Å². The van der Waals surface area contributed by atoms with E-state index < -0.39 is 36.0 Å². The quantitative estimate of drug-likeness (QED) is 0.108. The number of nitrogens with one attached hydrogen (secondary N) is 3. The molecule has 0 bridgehead atoms. The van der Waals surface area contributed by atoms with Crippen LogP contribution < -0.4 is 31.8 Å². The van der Waals surface area contributed by atoms with Gasteiger partial charge in [0, 0.05) is 6.54 Å². The number of ether oxygens (including phenoxy) is 4. The van der Waals surface area contributed by atoms with E-state index in [1.807, 2.05) is 80.6 Å². The van der Waals surface area contributed by atoms with Crippen molar-refractivity contribution >= 4 is 29.8 Å². The Balaban J connectivity index is 0.951. The molecule has 318 valence electrons. The van der Waals surface area contributed by atoms with Gasteiger partial charge in [0.1, 0.15) is 11.9 Å². The molecule has 60 heavy (non-hydrogen) atoms. The Morgan fingerprint density at radius 3 is 2.38 bits per heavy atom. The van der Waals surface area contributed by atoms with Crippen molar-refractivity contribution < 1.29 is 64.1 Å². The second kappa shape index (κ2) is 19.4. The number of aromatic nitrogens is 2. The molecular weight excluding hydrogens is 883 g/mol. The number of hydrogen-bond donors (Lipinski definition) is 3. The van der Waals surface area contributed by atoms with E-state index in [4.69, 9.17) is 18.9 Å². The number of halogens is 1. The van der Waals surface area contributed by atoms with E-state index in [9.17, 15) is 24.0 Å². The predicted octanol–water partition coefficient (Wildman–Crippen LogP) is 2.29. The van der Waals surface area contributed by atoms with Gasteiger partial charge in [-0.05, 0) is 35.4 Å². The van der Waals surface area contributed by atoms with Gasteiger partial charge in [-0.2, -0.15) is 0 Å². The average Bonchev–Trinajstić information content (AvgIpc) is 4.01. The number of nitrogens with zero attached hydrogens (tertiary/aromatic N) is 3. The number of likely N-dealkylation sites (tertiary alicyclic amines) is 2. The number of H-pyrrole nitrogens is 1. The summed E-state index contributed by atoms with van der Waals surface area (Å²) in [5.74, 6) is -1.45. The number of ketones is 1. The molecule has 3 aliphatic heterocycles. The summed E-state index contributed by atoms with van der Waals surface area (Å²) in [6, 6.07) is 22.5. The second-order valence-corrected chi connectivity index (χ2v) is 18.1. The first kappa shape index (κ1) is 42.8. The zero-order chi connectivity index (χ0) is 42.2. The predicted molar refractivity (Wildman–Crippen MR) is 216 cm³/mol. The van der Waals surface area contributed by atoms with Crippen molar-refractivity contribution in [2.75, 3.05) is 42.4 Å². The number of benzene rings is 3. The fourth-order valence-electron chi connectivity index (χ4n) is 7.71. The summed E-state index contributed by atoms with van der Waals surface area (Å²) in [5.41, 5.74) is 4.82. The molecule has 15 nitrogen and oxygen atoms in total. The summed E-state index contributed by atoms with van der Waals surface area (Å²) < 4.78 is 24.0. The van der Waals surface area contributed by atoms with Gasteiger partial charge in [0.25, 0.3) is 0 Å². The number of amides is 4. The topological polar surface area (TPSA) is 181 Å². The van der Waals surface area contributed by atoms with Crippen LogP contribution >= 0.6 is 0 Å². The molecule has 2 unspecified atom stereocenters. The molecule has 1 aromatic heterocycles. The van der Waals surface area contributed by atoms with Crippen molar-refractivity contribution in [1.82, 2.24) is 30.4 Å². The van der Waals surface area contributed by atoms with Gasteiger partial charge in [-0.15, -0.1) is 0 Å². The molecule has 3 aromatic carbocycles. The molecule has 3 N–H and O–H groups in total. The third-order valence-corrected chi connectivity index (χ3v) is 13.0. The fourth-order valence-corrected chi connectivity index (χ4v) is 9.34. The van der Waals surface area contributed by atoms with Crippen molar-refractivity contribution in [3.63, 3.8) is 0 Å². The number of hydrogen-bond acceptors (Lipinski definition) is 10. The Morgan fingerprint density at radius 1 is 0.950 bits per heavy atom. The van der Waals surface area contributed by atoms with Gasteiger partial charge in [-0.25, -0.2) is 9.78 Å². The van der Waals surface area contributed by atoms with Gasteiger partial charge in [0.05, 0.1) is 25.0 Å². The van der Waals surface area contributed by atoms with Gasteiger partial charge >= 0.3 is 203 Å². The summed E-state index contributed by atoms with van der Waals surface area (Å²) in [6.07, 6.45) is 2.19. The number of carbonyl (C=O) groups is 5. The zero-order valence-corrected chi connectivity index (χ0v) is 36.0. The van der Waals surface area contributed by atoms with E-state index in [1.165, 1.54) is 12.0 Å². The standard InChI is InChI=1S/C44H50IN6O9/c1-28(2)38(49-42(55)57-3)41(54)50-20-7-10-35(50)39-46-23-34(48-39)32-15-11-30(12-16-32)31-13-17-33(18-14-31)37(52)24-47-40(53)36-22-44(59-21-19-45-27-60-44)26-51(36)43(56)58-25-29-8-5-4-6-9-29/h4-6,8-9,11-18,23,28,35-36,38H,7,10,19-22,24-27H2,1-3H3,(H,46,48)(H,47,53)(H,49,55)/q-1/t35?,36-,38-,44?/m0/s1. The second-order valence-electron chi connectivity index (χ2n) is 15.3. The van der Waals surface area contributed by atoms with Crippen LogP contribution in [0.3, 0.4) is 0 Å². The SMILES string of the molecule is COC(=O)N[C@H](C(=O)N1CCCC1c1ncc(-c2ccc(-c3ccc(C(=O)CNC(=O)[C@@H]4CC5(CN4C(=O)OCc4ccccc4)OCC[I-]CO5)cc3)cc2)[nH]1)C(C)C. The molecule has 4 aromatic rings. The number of methoxy groups -OCH3 is 1. The number of Topliss-reactive ketones (excluding diaryl/α,β-unsaturated/α-hetero) is 1. The van der Waals surface area contributed by atoms with Crippen molar-refractivity contribution in [2.45, 2.75) is 63.6 Å². The first-order chi connectivity index (χ1) is 29.0. The maximum absolute atomic E-state index is 13.6. The third kappa shape index (κ3) is 9.99. The summed E-state index contributed by atoms with van der Waals surface area (Å²) in [7, 11) is 1.28. The number of carbonyl (C=O) groups excluding carboxylic acids is 5. The zero-order valence-electron chi connectivity index (χ0n) is 33.9. The average molecular weight is 934 g/mol. The van der Waals surface area contributed by atoms with E-state index in [0.29, 0.717) is 29.2 Å². The normalized spacial score (nSPS) is 20.9. The Kier molecular flexibility index (Phi) is 13.8. The molecule has 3 fully saturated rings. The molecule has 4 atom stereocenters. The van der Waals surface area contributed by atoms with Crippen LogP contribution in [0.25, 0.3) is 22.4 Å². The molecule has 3 saturated heterocycles. The van der Waals surface area contributed by atoms with Crippen molar-refractivity contribution in [1.29, 1.82) is 0 Å². The number of alkyl halides is 2. The smallest absolute Gasteiger partial charge is 0.340 e. The Bertz CT molecular complexity index is 2140. The van der Waals surface area contributed by atoms with Crippen molar-refractivity contribution in [2.24, 2.45) is 5.92 Å². The minimum atomic E-state index is -1.09. The molecule has 3 aliphatic rings. The molecular formula is C44H50IN6O9-. The van der Waals surface area contributed by atoms with Gasteiger partial charge in [0.15, 0.2) is 0 Å². The number of aromatic amines is 1. The van der Waals surface area contributed by atoms with E-state index >= 15 is 0 Å². The minimum Gasteiger partial charge on any atom is -0.340 e. The maximum atomic E-state index is 13.6. The monoisotopic (exact) mass is 933 g/mol. The molecule has 0 saturated carbocycles. The van der Waals surface area contributed by atoms with E-state index in [0.717, 1.165) is 45.2 Å². The third-order valence-electron chi connectivity index (χ3n) is 11.0. The molecule has 1 spiro atoms. The van der Waals surface area contributed by atoms with Crippen LogP contribution in [-0.2, 0) is 35.1 Å². The fraction of sp³-hybridized carbons (Fsp3) is 0.409. The Labute approximate surface area is 359 Å². The summed E-state index contributed by atoms with van der Waals surface area (Å²) in [6.45, 7) is 4.70. The molecule has 0 aliphatic carbocycles. The van der Waals surface area contributed by atoms with Gasteiger partial charge in [0.2, 0.25) is 5.91 Å². The Hall–Kier alpha value is -5.33. The van der Waals surface area contributed by atoms with Crippen LogP contribution in [-0.4, -0.2) is 110 Å². The molecule has 4 heterocycles. The van der Waals surface area contributed by atoms with Crippen LogP contribution in [0.5, 0.6) is 0 Å².